The minimum absolute atomic E-state index is 0.266. The largest absolute Gasteiger partial charge is 0.492 e. The van der Waals surface area contributed by atoms with Crippen molar-refractivity contribution in [1.29, 1.82) is 0 Å². The van der Waals surface area contributed by atoms with E-state index < -0.39 is 17.2 Å². The third kappa shape index (κ3) is 7.77. The van der Waals surface area contributed by atoms with Crippen molar-refractivity contribution < 1.29 is 23.8 Å². The highest BCUT2D eigenvalue weighted by Crippen LogP contribution is 2.28. The normalized spacial score (nSPS) is 15.8. The van der Waals surface area contributed by atoms with E-state index in [-0.39, 0.29) is 6.09 Å². The topological polar surface area (TPSA) is 65.1 Å². The van der Waals surface area contributed by atoms with Crippen LogP contribution in [0.1, 0.15) is 64.7 Å². The number of hydrogen-bond donors (Lipinski definition) is 0. The quantitative estimate of drug-likeness (QED) is 0.610. The van der Waals surface area contributed by atoms with Crippen molar-refractivity contribution in [2.24, 2.45) is 5.92 Å². The number of carbonyl (C=O) groups excluding carboxylic acids is 2. The fourth-order valence-electron chi connectivity index (χ4n) is 2.90. The summed E-state index contributed by atoms with van der Waals surface area (Å²) in [5, 5.41) is 0.375. The zero-order valence-electron chi connectivity index (χ0n) is 18.2. The van der Waals surface area contributed by atoms with Gasteiger partial charge in [-0.1, -0.05) is 11.6 Å². The van der Waals surface area contributed by atoms with Crippen LogP contribution in [0.15, 0.2) is 18.2 Å². The van der Waals surface area contributed by atoms with Gasteiger partial charge >= 0.3 is 12.1 Å². The Morgan fingerprint density at radius 1 is 1.03 bits per heavy atom. The first-order valence-corrected chi connectivity index (χ1v) is 10.4. The summed E-state index contributed by atoms with van der Waals surface area (Å²) in [6.07, 6.45) is 1.41. The molecule has 1 aromatic carbocycles. The van der Waals surface area contributed by atoms with Gasteiger partial charge in [0.05, 0.1) is 17.2 Å². The Morgan fingerprint density at radius 3 is 2.14 bits per heavy atom. The van der Waals surface area contributed by atoms with Crippen LogP contribution in [0.3, 0.4) is 0 Å². The minimum atomic E-state index is -0.563. The summed E-state index contributed by atoms with van der Waals surface area (Å²) in [6, 6.07) is 4.91. The maximum atomic E-state index is 12.1. The smallest absolute Gasteiger partial charge is 0.410 e. The number of ether oxygens (including phenoxy) is 3. The third-order valence-corrected chi connectivity index (χ3v) is 4.60. The highest BCUT2D eigenvalue weighted by Gasteiger charge is 2.27. The molecule has 1 aliphatic rings. The van der Waals surface area contributed by atoms with Gasteiger partial charge in [0, 0.05) is 13.1 Å². The maximum Gasteiger partial charge on any atom is 0.410 e. The molecule has 0 N–H and O–H groups in total. The lowest BCUT2D eigenvalue weighted by molar-refractivity contribution is 0.00678. The summed E-state index contributed by atoms with van der Waals surface area (Å²) in [5.74, 6) is 0.448. The Balaban J connectivity index is 1.84. The summed E-state index contributed by atoms with van der Waals surface area (Å²) in [6.45, 7) is 12.8. The molecule has 2 rings (SSSR count). The first-order valence-electron chi connectivity index (χ1n) is 9.98. The molecule has 0 bridgehead atoms. The molecule has 1 aliphatic heterocycles. The zero-order chi connectivity index (χ0) is 21.8. The molecular formula is C22H32ClNO5. The number of rotatable bonds is 4. The number of amides is 1. The lowest BCUT2D eigenvalue weighted by atomic mass is 9.98. The molecule has 162 valence electrons. The van der Waals surface area contributed by atoms with Crippen LogP contribution >= 0.6 is 11.6 Å². The summed E-state index contributed by atoms with van der Waals surface area (Å²) in [5.41, 5.74) is -0.658. The molecule has 0 aliphatic carbocycles. The summed E-state index contributed by atoms with van der Waals surface area (Å²) in [7, 11) is 0. The molecule has 0 saturated carbocycles. The van der Waals surface area contributed by atoms with Crippen molar-refractivity contribution in [3.63, 3.8) is 0 Å². The third-order valence-electron chi connectivity index (χ3n) is 4.31. The van der Waals surface area contributed by atoms with Crippen LogP contribution in [0, 0.1) is 5.92 Å². The van der Waals surface area contributed by atoms with Crippen molar-refractivity contribution in [3.8, 4) is 5.75 Å². The van der Waals surface area contributed by atoms with Gasteiger partial charge < -0.3 is 19.1 Å². The van der Waals surface area contributed by atoms with Crippen molar-refractivity contribution >= 4 is 23.7 Å². The van der Waals surface area contributed by atoms with Gasteiger partial charge in [-0.05, 0) is 78.5 Å². The second-order valence-corrected chi connectivity index (χ2v) is 9.78. The first kappa shape index (κ1) is 23.3. The van der Waals surface area contributed by atoms with E-state index in [1.165, 1.54) is 0 Å². The second-order valence-electron chi connectivity index (χ2n) is 9.37. The van der Waals surface area contributed by atoms with E-state index in [1.807, 2.05) is 41.5 Å². The van der Waals surface area contributed by atoms with E-state index in [9.17, 15) is 9.59 Å². The van der Waals surface area contributed by atoms with Crippen LogP contribution in [-0.4, -0.2) is 47.9 Å². The lowest BCUT2D eigenvalue weighted by Crippen LogP contribution is -2.42. The molecule has 0 spiro atoms. The monoisotopic (exact) mass is 425 g/mol. The van der Waals surface area contributed by atoms with E-state index in [1.54, 1.807) is 23.1 Å². The molecule has 1 saturated heterocycles. The number of halogens is 1. The van der Waals surface area contributed by atoms with Gasteiger partial charge in [-0.25, -0.2) is 9.59 Å². The molecule has 0 unspecified atom stereocenters. The van der Waals surface area contributed by atoms with Crippen molar-refractivity contribution in [1.82, 2.24) is 4.90 Å². The van der Waals surface area contributed by atoms with Gasteiger partial charge in [-0.15, -0.1) is 0 Å². The molecule has 29 heavy (non-hydrogen) atoms. The molecule has 1 aromatic rings. The van der Waals surface area contributed by atoms with E-state index in [0.717, 1.165) is 12.8 Å². The average Bonchev–Trinajstić information content (AvgIpc) is 2.58. The number of carbonyl (C=O) groups is 2. The molecule has 7 heteroatoms. The van der Waals surface area contributed by atoms with Gasteiger partial charge in [-0.3, -0.25) is 0 Å². The van der Waals surface area contributed by atoms with Crippen LogP contribution in [0.4, 0.5) is 4.79 Å². The van der Waals surface area contributed by atoms with Gasteiger partial charge in [-0.2, -0.15) is 0 Å². The van der Waals surface area contributed by atoms with E-state index in [2.05, 4.69) is 0 Å². The molecule has 1 amide bonds. The number of esters is 1. The van der Waals surface area contributed by atoms with E-state index in [0.29, 0.717) is 41.9 Å². The number of benzene rings is 1. The summed E-state index contributed by atoms with van der Waals surface area (Å²) < 4.78 is 16.6. The molecule has 1 heterocycles. The predicted octanol–water partition coefficient (Wildman–Crippen LogP) is 5.32. The second kappa shape index (κ2) is 9.24. The van der Waals surface area contributed by atoms with Gasteiger partial charge in [0.15, 0.2) is 0 Å². The minimum Gasteiger partial charge on any atom is -0.492 e. The van der Waals surface area contributed by atoms with Crippen molar-refractivity contribution in [2.45, 2.75) is 65.6 Å². The molecule has 1 fully saturated rings. The van der Waals surface area contributed by atoms with Gasteiger partial charge in [0.2, 0.25) is 0 Å². The Morgan fingerprint density at radius 2 is 1.62 bits per heavy atom. The highest BCUT2D eigenvalue weighted by molar-refractivity contribution is 6.32. The van der Waals surface area contributed by atoms with Gasteiger partial charge in [0.1, 0.15) is 17.0 Å². The Kier molecular flexibility index (Phi) is 7.44. The number of piperidine rings is 1. The fraction of sp³-hybridized carbons (Fsp3) is 0.636. The van der Waals surface area contributed by atoms with Gasteiger partial charge in [0.25, 0.3) is 0 Å². The first-order chi connectivity index (χ1) is 13.3. The zero-order valence-corrected chi connectivity index (χ0v) is 19.0. The lowest BCUT2D eigenvalue weighted by Gasteiger charge is -2.33. The number of likely N-dealkylation sites (tertiary alicyclic amines) is 1. The average molecular weight is 426 g/mol. The summed E-state index contributed by atoms with van der Waals surface area (Å²) in [4.78, 5) is 26.0. The Hall–Kier alpha value is -1.95. The molecular weight excluding hydrogens is 394 g/mol. The predicted molar refractivity (Wildman–Crippen MR) is 113 cm³/mol. The Labute approximate surface area is 178 Å². The molecule has 6 nitrogen and oxygen atoms in total. The highest BCUT2D eigenvalue weighted by atomic mass is 35.5. The van der Waals surface area contributed by atoms with Crippen molar-refractivity contribution in [3.05, 3.63) is 28.8 Å². The van der Waals surface area contributed by atoms with Crippen LogP contribution in [-0.2, 0) is 9.47 Å². The van der Waals surface area contributed by atoms with E-state index >= 15 is 0 Å². The van der Waals surface area contributed by atoms with Crippen LogP contribution in [0.2, 0.25) is 5.02 Å². The number of hydrogen-bond acceptors (Lipinski definition) is 5. The SMILES string of the molecule is CC(C)(C)OC(=O)c1ccc(OCC2CCN(C(=O)OC(C)(C)C)CC2)c(Cl)c1. The standard InChI is InChI=1S/C22H32ClNO5/c1-21(2,3)28-19(25)16-7-8-18(17(23)13-16)27-14-15-9-11-24(12-10-15)20(26)29-22(4,5)6/h7-8,13,15H,9-12,14H2,1-6H3. The maximum absolute atomic E-state index is 12.1. The number of nitrogens with zero attached hydrogens (tertiary/aromatic N) is 1. The van der Waals surface area contributed by atoms with Crippen LogP contribution in [0.5, 0.6) is 5.75 Å². The molecule has 0 aromatic heterocycles. The van der Waals surface area contributed by atoms with E-state index in [4.69, 9.17) is 25.8 Å². The fourth-order valence-corrected chi connectivity index (χ4v) is 3.13. The molecule has 0 radical (unpaired) electrons. The van der Waals surface area contributed by atoms with Crippen molar-refractivity contribution in [2.75, 3.05) is 19.7 Å². The van der Waals surface area contributed by atoms with Crippen LogP contribution in [0.25, 0.3) is 0 Å². The van der Waals surface area contributed by atoms with Crippen LogP contribution < -0.4 is 4.74 Å². The summed E-state index contributed by atoms with van der Waals surface area (Å²) >= 11 is 6.29. The Bertz CT molecular complexity index is 728. The molecule has 0 atom stereocenters.